The number of nitrogens with two attached hydrogens (primary N) is 6. The highest BCUT2D eigenvalue weighted by Gasteiger charge is 2.53. The number of hydrogen-bond acceptors (Lipinski definition) is 17. The third-order valence-electron chi connectivity index (χ3n) is 16.7. The number of amides is 8. The summed E-state index contributed by atoms with van der Waals surface area (Å²) >= 11 is 0. The Morgan fingerprint density at radius 1 is 0.520 bits per heavy atom. The fraction of sp³-hybridized carbons (Fsp3) is 0.414. The van der Waals surface area contributed by atoms with E-state index in [1.165, 1.54) is 13.0 Å². The first-order chi connectivity index (χ1) is 46.9. The fourth-order valence-electron chi connectivity index (χ4n) is 11.6. The van der Waals surface area contributed by atoms with Gasteiger partial charge in [0.25, 0.3) is 0 Å². The minimum absolute atomic E-state index is 0.0314. The monoisotopic (exact) mass is 1350 g/mol. The lowest BCUT2D eigenvalue weighted by atomic mass is 9.77. The first-order valence-electron chi connectivity index (χ1n) is 32.9. The van der Waals surface area contributed by atoms with Crippen LogP contribution in [0.15, 0.2) is 126 Å². The fourth-order valence-corrected chi connectivity index (χ4v) is 11.6. The number of carboxylic acids is 1. The number of carboxylic acid groups (broad SMARTS) is 1. The van der Waals surface area contributed by atoms with Crippen LogP contribution in [-0.2, 0) is 66.3 Å². The van der Waals surface area contributed by atoms with Crippen molar-refractivity contribution in [1.82, 2.24) is 31.9 Å². The number of nitrogens with one attached hydrogen (secondary N) is 8. The molecule has 28 nitrogen and oxygen atoms in total. The normalized spacial score (nSPS) is 15.8. The summed E-state index contributed by atoms with van der Waals surface area (Å²) in [5.74, 6) is -7.39. The lowest BCUT2D eigenvalue weighted by molar-refractivity contribution is -0.142. The number of rotatable bonds is 38. The van der Waals surface area contributed by atoms with Crippen LogP contribution in [0.1, 0.15) is 130 Å². The average Bonchev–Trinajstić information content (AvgIpc) is 1.46. The largest absolute Gasteiger partial charge is 0.480 e. The Bertz CT molecular complexity index is 3670. The van der Waals surface area contributed by atoms with Gasteiger partial charge in [0.1, 0.15) is 41.7 Å². The van der Waals surface area contributed by atoms with Crippen molar-refractivity contribution < 1.29 is 62.5 Å². The van der Waals surface area contributed by atoms with E-state index in [1.807, 2.05) is 13.8 Å². The third kappa shape index (κ3) is 20.9. The van der Waals surface area contributed by atoms with Gasteiger partial charge in [0.05, 0.1) is 23.7 Å². The highest BCUT2D eigenvalue weighted by atomic mass is 16.6. The molecular weight excluding hydrogens is 1260 g/mol. The molecule has 1 unspecified atom stereocenters. The molecule has 0 saturated carbocycles. The number of guanidine groups is 1. The molecule has 524 valence electrons. The maximum atomic E-state index is 14.9. The van der Waals surface area contributed by atoms with Gasteiger partial charge >= 0.3 is 11.9 Å². The molecule has 2 aliphatic heterocycles. The number of nitrogens with zero attached hydrogens (tertiary/aromatic N) is 1. The average molecular weight is 1350 g/mol. The first kappa shape index (κ1) is 75.1. The molecule has 0 fully saturated rings. The molecule has 9 atom stereocenters. The van der Waals surface area contributed by atoms with Crippen molar-refractivity contribution in [2.75, 3.05) is 30.3 Å². The molecule has 7 rings (SSSR count). The zero-order valence-corrected chi connectivity index (χ0v) is 55.3. The number of unbranched alkanes of at least 4 members (excludes halogenated alkanes) is 2. The molecule has 0 aromatic heterocycles. The lowest BCUT2D eigenvalue weighted by Crippen LogP contribution is -2.59. The van der Waals surface area contributed by atoms with Gasteiger partial charge in [0.15, 0.2) is 11.6 Å². The number of esters is 1. The molecule has 5 aromatic carbocycles. The van der Waals surface area contributed by atoms with E-state index >= 15 is 0 Å². The van der Waals surface area contributed by atoms with Crippen LogP contribution >= 0.6 is 0 Å². The predicted molar refractivity (Wildman–Crippen MR) is 368 cm³/mol. The molecule has 0 saturated heterocycles. The summed E-state index contributed by atoms with van der Waals surface area (Å²) in [4.78, 5) is 142. The Hall–Kier alpha value is -10.3. The van der Waals surface area contributed by atoms with E-state index in [0.29, 0.717) is 71.2 Å². The predicted octanol–water partition coefficient (Wildman–Crippen LogP) is 2.42. The van der Waals surface area contributed by atoms with Gasteiger partial charge in [0.2, 0.25) is 47.3 Å². The number of aliphatic carboxylic acids is 1. The SMILES string of the molecule is CC(C)C[C@H](N)C(=O)Nc1ccc2c(c1)Oc1cc(NC(=O)[C@@H](CCC(N)=O)N[C@@H](Cc3ccccc3)C(=O)N[C@@H](CCCCN)C(=O)N[C@@H](C)C(=O)N[C@@H](CCCN=C(N)N)C(=O)N[C@@H](CCCCN)C(=O)N[C@@H](Cc3ccccc3)C(=O)O)ccc1C21OC(=O)c2ccccc21. The van der Waals surface area contributed by atoms with Gasteiger partial charge in [-0.2, -0.15) is 0 Å². The van der Waals surface area contributed by atoms with Crippen LogP contribution in [0.5, 0.6) is 11.5 Å². The summed E-state index contributed by atoms with van der Waals surface area (Å²) in [6.45, 7) is 5.84. The van der Waals surface area contributed by atoms with Gasteiger partial charge in [0, 0.05) is 59.6 Å². The minimum atomic E-state index is -1.53. The van der Waals surface area contributed by atoms with Crippen molar-refractivity contribution in [3.8, 4) is 11.5 Å². The van der Waals surface area contributed by atoms with Crippen molar-refractivity contribution in [2.45, 2.75) is 158 Å². The minimum Gasteiger partial charge on any atom is -0.480 e. The van der Waals surface area contributed by atoms with Crippen LogP contribution in [0.25, 0.3) is 0 Å². The van der Waals surface area contributed by atoms with Crippen LogP contribution in [0.4, 0.5) is 11.4 Å². The first-order valence-corrected chi connectivity index (χ1v) is 32.9. The molecular formula is C70H91N15O13. The summed E-state index contributed by atoms with van der Waals surface area (Å²) in [5.41, 5.74) is 36.7. The molecule has 5 aromatic rings. The van der Waals surface area contributed by atoms with Crippen molar-refractivity contribution >= 4 is 76.5 Å². The summed E-state index contributed by atoms with van der Waals surface area (Å²) in [6.07, 6.45) is 1.66. The number of carbonyl (C=O) groups excluding carboxylic acids is 9. The van der Waals surface area contributed by atoms with Crippen LogP contribution < -0.4 is 81.7 Å². The van der Waals surface area contributed by atoms with E-state index in [2.05, 4.69) is 47.5 Å². The molecule has 1 spiro atoms. The molecule has 28 heteroatoms. The van der Waals surface area contributed by atoms with Crippen LogP contribution in [0.2, 0.25) is 0 Å². The standard InChI is InChI=1S/C70H91N15O13/c1-40(2)35-50(73)61(88)79-44-26-28-48-57(38-44)97-58-39-45(27-29-49(58)70(48)47-22-11-10-21-46(47)68(96)98-70)80-63(90)54(30-31-59(74)86)81-55(36-42-17-6-4-7-18-42)66(93)84-51(23-12-14-32-71)62(89)78-41(3)60(87)82-53(25-16-34-77-69(75)76)64(91)83-52(24-13-15-33-72)65(92)85-56(67(94)95)37-43-19-8-5-9-20-43/h4-11,17-22,26-29,38-41,50-56,81H,12-16,23-25,30-37,71-73H2,1-3H3,(H2,74,86)(H,78,89)(H,79,88)(H,80,90)(H,82,87)(H,83,91)(H,84,93)(H,85,92)(H,94,95)(H4,75,76,77)/t41-,50-,51-,52-,53-,54+,55-,56-,70?/m0/s1. The zero-order valence-electron chi connectivity index (χ0n) is 55.3. The number of carbonyl (C=O) groups is 10. The second-order valence-corrected chi connectivity index (χ2v) is 24.8. The van der Waals surface area contributed by atoms with Gasteiger partial charge in [-0.05, 0) is 138 Å². The Balaban J connectivity index is 1.11. The van der Waals surface area contributed by atoms with E-state index in [4.69, 9.17) is 43.9 Å². The molecule has 0 aliphatic carbocycles. The van der Waals surface area contributed by atoms with Gasteiger partial charge in [-0.25, -0.2) is 9.59 Å². The smallest absolute Gasteiger partial charge is 0.340 e. The molecule has 2 heterocycles. The Morgan fingerprint density at radius 2 is 1.00 bits per heavy atom. The van der Waals surface area contributed by atoms with Crippen molar-refractivity contribution in [3.05, 3.63) is 155 Å². The van der Waals surface area contributed by atoms with Crippen LogP contribution in [0, 0.1) is 5.92 Å². The number of fused-ring (bicyclic) bond motifs is 6. The van der Waals surface area contributed by atoms with E-state index in [9.17, 15) is 53.1 Å². The van der Waals surface area contributed by atoms with Crippen LogP contribution in [0.3, 0.4) is 0 Å². The zero-order chi connectivity index (χ0) is 71.1. The molecule has 0 bridgehead atoms. The molecule has 2 aliphatic rings. The van der Waals surface area contributed by atoms with Gasteiger partial charge in [-0.1, -0.05) is 92.7 Å². The van der Waals surface area contributed by atoms with Crippen molar-refractivity contribution in [1.29, 1.82) is 0 Å². The second-order valence-electron chi connectivity index (χ2n) is 24.8. The number of anilines is 2. The highest BCUT2D eigenvalue weighted by Crippen LogP contribution is 2.57. The van der Waals surface area contributed by atoms with Crippen molar-refractivity contribution in [3.63, 3.8) is 0 Å². The summed E-state index contributed by atoms with van der Waals surface area (Å²) in [7, 11) is 0. The number of primary amides is 1. The topological polar surface area (TPSA) is 474 Å². The Labute approximate surface area is 568 Å². The molecule has 0 radical (unpaired) electrons. The van der Waals surface area contributed by atoms with Gasteiger partial charge in [-0.15, -0.1) is 0 Å². The second kappa shape index (κ2) is 36.2. The molecule has 21 N–H and O–H groups in total. The maximum absolute atomic E-state index is 14.9. The molecule has 98 heavy (non-hydrogen) atoms. The van der Waals surface area contributed by atoms with Crippen LogP contribution in [-0.4, -0.2) is 138 Å². The Morgan fingerprint density at radius 3 is 1.52 bits per heavy atom. The Kier molecular flexibility index (Phi) is 27.7. The maximum Gasteiger partial charge on any atom is 0.340 e. The highest BCUT2D eigenvalue weighted by molar-refractivity contribution is 6.00. The van der Waals surface area contributed by atoms with E-state index in [1.54, 1.807) is 115 Å². The third-order valence-corrected chi connectivity index (χ3v) is 16.7. The van der Waals surface area contributed by atoms with E-state index in [-0.39, 0.29) is 100 Å². The van der Waals surface area contributed by atoms with Crippen molar-refractivity contribution in [2.24, 2.45) is 45.3 Å². The number of hydrogen-bond donors (Lipinski definition) is 15. The number of aliphatic imine (C=N–C) groups is 1. The lowest BCUT2D eigenvalue weighted by Gasteiger charge is -2.37. The summed E-state index contributed by atoms with van der Waals surface area (Å²) in [6, 6.07) is 24.1. The molecule has 8 amide bonds. The summed E-state index contributed by atoms with van der Waals surface area (Å²) < 4.78 is 12.9. The number of ether oxygens (including phenoxy) is 2. The summed E-state index contributed by atoms with van der Waals surface area (Å²) in [5, 5.41) is 32.3. The van der Waals surface area contributed by atoms with E-state index in [0.717, 1.165) is 0 Å². The van der Waals surface area contributed by atoms with E-state index < -0.39 is 113 Å². The number of benzene rings is 5. The van der Waals surface area contributed by atoms with Gasteiger partial charge in [-0.3, -0.25) is 48.7 Å². The quantitative estimate of drug-likeness (QED) is 0.0117. The van der Waals surface area contributed by atoms with Gasteiger partial charge < -0.3 is 86.2 Å².